The summed E-state index contributed by atoms with van der Waals surface area (Å²) < 4.78 is 1.14. The molecule has 0 bridgehead atoms. The summed E-state index contributed by atoms with van der Waals surface area (Å²) in [5, 5.41) is 3.42. The zero-order valence-corrected chi connectivity index (χ0v) is 12.7. The fraction of sp³-hybridized carbons (Fsp3) is 0.200. The molecule has 0 atom stereocenters. The molecule has 0 amide bonds. The number of aryl methyl sites for hydroxylation is 1. The maximum absolute atomic E-state index is 3.49. The topological polar surface area (TPSA) is 12.0 Å². The van der Waals surface area contributed by atoms with E-state index in [0.717, 1.165) is 16.8 Å². The van der Waals surface area contributed by atoms with Crippen LogP contribution in [0, 0.1) is 6.92 Å². The molecule has 0 saturated carbocycles. The van der Waals surface area contributed by atoms with Gasteiger partial charge >= 0.3 is 0 Å². The van der Waals surface area contributed by atoms with Gasteiger partial charge in [-0.05, 0) is 37.3 Å². The third-order valence-electron chi connectivity index (χ3n) is 2.55. The first kappa shape index (κ1) is 13.5. The minimum Gasteiger partial charge on any atom is -0.384 e. The molecular weight excluding hydrogens is 306 g/mol. The zero-order valence-electron chi connectivity index (χ0n) is 10.3. The van der Waals surface area contributed by atoms with Crippen LogP contribution < -0.4 is 5.32 Å². The van der Waals surface area contributed by atoms with Crippen molar-refractivity contribution in [1.29, 1.82) is 0 Å². The van der Waals surface area contributed by atoms with Crippen molar-refractivity contribution in [3.05, 3.63) is 58.6 Å². The molecule has 0 heterocycles. The van der Waals surface area contributed by atoms with E-state index >= 15 is 0 Å². The summed E-state index contributed by atoms with van der Waals surface area (Å²) in [4.78, 5) is 1.30. The van der Waals surface area contributed by atoms with Gasteiger partial charge < -0.3 is 5.32 Å². The SMILES string of the molecule is Cc1ccc(NCCSc2cccc(Br)c2)cc1. The maximum Gasteiger partial charge on any atom is 0.0340 e. The molecule has 2 rings (SSSR count). The van der Waals surface area contributed by atoms with Crippen LogP contribution in [-0.2, 0) is 0 Å². The van der Waals surface area contributed by atoms with Crippen molar-refractivity contribution in [3.63, 3.8) is 0 Å². The fourth-order valence-electron chi connectivity index (χ4n) is 1.59. The van der Waals surface area contributed by atoms with E-state index in [0.29, 0.717) is 0 Å². The molecule has 2 aromatic carbocycles. The second-order valence-corrected chi connectivity index (χ2v) is 6.18. The Balaban J connectivity index is 1.74. The minimum atomic E-state index is 0.972. The molecule has 0 spiro atoms. The van der Waals surface area contributed by atoms with E-state index in [-0.39, 0.29) is 0 Å². The second-order valence-electron chi connectivity index (χ2n) is 4.10. The summed E-state index contributed by atoms with van der Waals surface area (Å²) in [6.45, 7) is 3.08. The fourth-order valence-corrected chi connectivity index (χ4v) is 2.97. The quantitative estimate of drug-likeness (QED) is 0.617. The van der Waals surface area contributed by atoms with Crippen LogP contribution >= 0.6 is 27.7 Å². The highest BCUT2D eigenvalue weighted by Crippen LogP contribution is 2.21. The molecule has 3 heteroatoms. The third kappa shape index (κ3) is 4.39. The average Bonchev–Trinajstić information content (AvgIpc) is 2.37. The Bertz CT molecular complexity index is 496. The molecule has 0 saturated heterocycles. The van der Waals surface area contributed by atoms with Crippen molar-refractivity contribution in [1.82, 2.24) is 0 Å². The molecule has 0 unspecified atom stereocenters. The van der Waals surface area contributed by atoms with Gasteiger partial charge in [-0.2, -0.15) is 0 Å². The highest BCUT2D eigenvalue weighted by molar-refractivity contribution is 9.10. The van der Waals surface area contributed by atoms with E-state index in [4.69, 9.17) is 0 Å². The van der Waals surface area contributed by atoms with Crippen molar-refractivity contribution >= 4 is 33.4 Å². The molecule has 0 aromatic heterocycles. The number of hydrogen-bond acceptors (Lipinski definition) is 2. The normalized spacial score (nSPS) is 10.3. The van der Waals surface area contributed by atoms with Crippen molar-refractivity contribution in [2.45, 2.75) is 11.8 Å². The van der Waals surface area contributed by atoms with Gasteiger partial charge in [0.05, 0.1) is 0 Å². The maximum atomic E-state index is 3.49. The van der Waals surface area contributed by atoms with Gasteiger partial charge in [-0.3, -0.25) is 0 Å². The molecule has 2 aromatic rings. The molecule has 1 nitrogen and oxygen atoms in total. The van der Waals surface area contributed by atoms with Crippen molar-refractivity contribution in [2.24, 2.45) is 0 Å². The minimum absolute atomic E-state index is 0.972. The van der Waals surface area contributed by atoms with Gasteiger partial charge in [0.25, 0.3) is 0 Å². The van der Waals surface area contributed by atoms with Crippen molar-refractivity contribution in [2.75, 3.05) is 17.6 Å². The molecule has 94 valence electrons. The van der Waals surface area contributed by atoms with Crippen LogP contribution in [0.2, 0.25) is 0 Å². The van der Waals surface area contributed by atoms with Crippen molar-refractivity contribution < 1.29 is 0 Å². The first-order valence-electron chi connectivity index (χ1n) is 5.93. The van der Waals surface area contributed by atoms with Crippen LogP contribution in [0.15, 0.2) is 57.9 Å². The van der Waals surface area contributed by atoms with Crippen LogP contribution in [0.1, 0.15) is 5.56 Å². The first-order valence-corrected chi connectivity index (χ1v) is 7.71. The summed E-state index contributed by atoms with van der Waals surface area (Å²) >= 11 is 5.35. The Morgan fingerprint density at radius 1 is 1.11 bits per heavy atom. The summed E-state index contributed by atoms with van der Waals surface area (Å²) in [5.74, 6) is 1.06. The average molecular weight is 322 g/mol. The van der Waals surface area contributed by atoms with Crippen molar-refractivity contribution in [3.8, 4) is 0 Å². The van der Waals surface area contributed by atoms with Crippen LogP contribution in [0.5, 0.6) is 0 Å². The summed E-state index contributed by atoms with van der Waals surface area (Å²) in [5.41, 5.74) is 2.49. The zero-order chi connectivity index (χ0) is 12.8. The molecule has 0 aliphatic rings. The smallest absolute Gasteiger partial charge is 0.0340 e. The summed E-state index contributed by atoms with van der Waals surface area (Å²) in [7, 11) is 0. The number of nitrogens with one attached hydrogen (secondary N) is 1. The van der Waals surface area contributed by atoms with Crippen LogP contribution in [0.3, 0.4) is 0 Å². The lowest BCUT2D eigenvalue weighted by Gasteiger charge is -2.06. The lowest BCUT2D eigenvalue weighted by molar-refractivity contribution is 1.22. The van der Waals surface area contributed by atoms with Crippen LogP contribution in [0.4, 0.5) is 5.69 Å². The van der Waals surface area contributed by atoms with E-state index in [1.54, 1.807) is 0 Å². The van der Waals surface area contributed by atoms with Crippen LogP contribution in [-0.4, -0.2) is 12.3 Å². The molecule has 0 radical (unpaired) electrons. The molecule has 0 aliphatic heterocycles. The summed E-state index contributed by atoms with van der Waals surface area (Å²) in [6.07, 6.45) is 0. The molecular formula is C15H16BrNS. The van der Waals surface area contributed by atoms with Crippen LogP contribution in [0.25, 0.3) is 0 Å². The first-order chi connectivity index (χ1) is 8.74. The molecule has 0 aliphatic carbocycles. The Morgan fingerprint density at radius 3 is 2.61 bits per heavy atom. The molecule has 1 N–H and O–H groups in total. The third-order valence-corrected chi connectivity index (χ3v) is 4.04. The van der Waals surface area contributed by atoms with Gasteiger partial charge in [0.15, 0.2) is 0 Å². The van der Waals surface area contributed by atoms with Gasteiger partial charge in [0.1, 0.15) is 0 Å². The molecule has 18 heavy (non-hydrogen) atoms. The van der Waals surface area contributed by atoms with Gasteiger partial charge in [0, 0.05) is 27.4 Å². The lowest BCUT2D eigenvalue weighted by Crippen LogP contribution is -2.03. The van der Waals surface area contributed by atoms with Gasteiger partial charge in [-0.25, -0.2) is 0 Å². The van der Waals surface area contributed by atoms with E-state index in [1.807, 2.05) is 11.8 Å². The number of hydrogen-bond donors (Lipinski definition) is 1. The lowest BCUT2D eigenvalue weighted by atomic mass is 10.2. The highest BCUT2D eigenvalue weighted by Gasteiger charge is 1.95. The number of thioether (sulfide) groups is 1. The van der Waals surface area contributed by atoms with Gasteiger partial charge in [-0.15, -0.1) is 11.8 Å². The Hall–Kier alpha value is -0.930. The van der Waals surface area contributed by atoms with E-state index in [9.17, 15) is 0 Å². The van der Waals surface area contributed by atoms with E-state index in [1.165, 1.54) is 16.1 Å². The standard InChI is InChI=1S/C15H16BrNS/c1-12-5-7-14(8-6-12)17-9-10-18-15-4-2-3-13(16)11-15/h2-8,11,17H,9-10H2,1H3. The molecule has 0 fully saturated rings. The number of anilines is 1. The Morgan fingerprint density at radius 2 is 1.89 bits per heavy atom. The number of halogens is 1. The monoisotopic (exact) mass is 321 g/mol. The Kier molecular flexibility index (Phi) is 5.14. The predicted octanol–water partition coefficient (Wildman–Crippen LogP) is 4.96. The highest BCUT2D eigenvalue weighted by atomic mass is 79.9. The second kappa shape index (κ2) is 6.86. The number of rotatable bonds is 5. The largest absolute Gasteiger partial charge is 0.384 e. The van der Waals surface area contributed by atoms with Gasteiger partial charge in [0.2, 0.25) is 0 Å². The van der Waals surface area contributed by atoms with E-state index < -0.39 is 0 Å². The number of benzene rings is 2. The van der Waals surface area contributed by atoms with Gasteiger partial charge in [-0.1, -0.05) is 39.7 Å². The Labute approximate surface area is 121 Å². The van der Waals surface area contributed by atoms with E-state index in [2.05, 4.69) is 76.7 Å². The summed E-state index contributed by atoms with van der Waals surface area (Å²) in [6, 6.07) is 16.9. The predicted molar refractivity (Wildman–Crippen MR) is 84.5 cm³/mol.